The average molecular weight is 259 g/mol. The van der Waals surface area contributed by atoms with Gasteiger partial charge in [0.05, 0.1) is 11.3 Å². The average Bonchev–Trinajstić information content (AvgIpc) is 2.38. The predicted octanol–water partition coefficient (Wildman–Crippen LogP) is 3.69. The van der Waals surface area contributed by atoms with Gasteiger partial charge in [0.25, 0.3) is 0 Å². The molecule has 0 unspecified atom stereocenters. The van der Waals surface area contributed by atoms with E-state index in [1.165, 1.54) is 0 Å². The molecule has 0 aliphatic heterocycles. The van der Waals surface area contributed by atoms with Crippen molar-refractivity contribution in [3.8, 4) is 11.8 Å². The lowest BCUT2D eigenvalue weighted by Crippen LogP contribution is -2.10. The number of rotatable bonds is 2. The molecule has 2 aromatic carbocycles. The van der Waals surface area contributed by atoms with Gasteiger partial charge in [-0.1, -0.05) is 17.7 Å². The van der Waals surface area contributed by atoms with Gasteiger partial charge in [0.15, 0.2) is 0 Å². The van der Waals surface area contributed by atoms with Crippen molar-refractivity contribution in [2.45, 2.75) is 0 Å². The molecule has 0 heterocycles. The van der Waals surface area contributed by atoms with Crippen LogP contribution >= 0.6 is 11.6 Å². The molecule has 0 aliphatic carbocycles. The summed E-state index contributed by atoms with van der Waals surface area (Å²) < 4.78 is 0. The largest absolute Gasteiger partial charge is 0.508 e. The highest BCUT2D eigenvalue weighted by Crippen LogP contribution is 2.30. The second-order valence-electron chi connectivity index (χ2n) is 3.85. The Kier molecular flexibility index (Phi) is 3.40. The first kappa shape index (κ1) is 12.3. The molecule has 0 bridgehead atoms. The molecule has 0 aromatic heterocycles. The molecule has 0 atom stereocenters. The summed E-state index contributed by atoms with van der Waals surface area (Å²) in [5.74, 6) is 0.180. The lowest BCUT2D eigenvalue weighted by Gasteiger charge is -2.21. The SMILES string of the molecule is CN(c1cccc(O)c1)c1cc(Cl)ccc1C#N. The van der Waals surface area contributed by atoms with Gasteiger partial charge >= 0.3 is 0 Å². The van der Waals surface area contributed by atoms with Gasteiger partial charge in [-0.3, -0.25) is 0 Å². The summed E-state index contributed by atoms with van der Waals surface area (Å²) in [4.78, 5) is 1.81. The fraction of sp³-hybridized carbons (Fsp3) is 0.0714. The van der Waals surface area contributed by atoms with Crippen LogP contribution in [-0.4, -0.2) is 12.2 Å². The van der Waals surface area contributed by atoms with Gasteiger partial charge in [0.1, 0.15) is 11.8 Å². The number of hydrogen-bond acceptors (Lipinski definition) is 3. The quantitative estimate of drug-likeness (QED) is 0.894. The summed E-state index contributed by atoms with van der Waals surface area (Å²) in [7, 11) is 1.82. The van der Waals surface area contributed by atoms with Crippen LogP contribution in [0, 0.1) is 11.3 Å². The Morgan fingerprint density at radius 2 is 2.00 bits per heavy atom. The van der Waals surface area contributed by atoms with Crippen LogP contribution in [0.25, 0.3) is 0 Å². The van der Waals surface area contributed by atoms with Crippen molar-refractivity contribution in [3.05, 3.63) is 53.1 Å². The van der Waals surface area contributed by atoms with E-state index in [4.69, 9.17) is 16.9 Å². The van der Waals surface area contributed by atoms with E-state index in [1.807, 2.05) is 18.0 Å². The Balaban J connectivity index is 2.49. The molecule has 0 spiro atoms. The number of anilines is 2. The number of nitrogens with zero attached hydrogens (tertiary/aromatic N) is 2. The summed E-state index contributed by atoms with van der Waals surface area (Å²) in [6.07, 6.45) is 0. The Labute approximate surface area is 110 Å². The van der Waals surface area contributed by atoms with Crippen LogP contribution in [0.15, 0.2) is 42.5 Å². The van der Waals surface area contributed by atoms with E-state index in [1.54, 1.807) is 36.4 Å². The number of hydrogen-bond donors (Lipinski definition) is 1. The van der Waals surface area contributed by atoms with Gasteiger partial charge in [-0.25, -0.2) is 0 Å². The Hall–Kier alpha value is -2.18. The molecule has 3 nitrogen and oxygen atoms in total. The highest BCUT2D eigenvalue weighted by Gasteiger charge is 2.10. The highest BCUT2D eigenvalue weighted by atomic mass is 35.5. The standard InChI is InChI=1S/C14H11ClN2O/c1-17(12-3-2-4-13(18)8-12)14-7-11(15)6-5-10(14)9-16/h2-8,18H,1H3. The van der Waals surface area contributed by atoms with E-state index in [-0.39, 0.29) is 5.75 Å². The summed E-state index contributed by atoms with van der Waals surface area (Å²) in [6, 6.07) is 14.0. The van der Waals surface area contributed by atoms with E-state index >= 15 is 0 Å². The van der Waals surface area contributed by atoms with Crippen LogP contribution in [0.3, 0.4) is 0 Å². The van der Waals surface area contributed by atoms with Gasteiger partial charge in [0.2, 0.25) is 0 Å². The smallest absolute Gasteiger partial charge is 0.117 e. The van der Waals surface area contributed by atoms with Crippen molar-refractivity contribution in [3.63, 3.8) is 0 Å². The van der Waals surface area contributed by atoms with Crippen molar-refractivity contribution >= 4 is 23.0 Å². The van der Waals surface area contributed by atoms with Crippen LogP contribution in [0.2, 0.25) is 5.02 Å². The monoisotopic (exact) mass is 258 g/mol. The maximum absolute atomic E-state index is 9.47. The first-order valence-corrected chi connectivity index (χ1v) is 5.72. The van der Waals surface area contributed by atoms with Crippen LogP contribution in [0.4, 0.5) is 11.4 Å². The number of nitriles is 1. The van der Waals surface area contributed by atoms with E-state index in [2.05, 4.69) is 6.07 Å². The minimum atomic E-state index is 0.180. The van der Waals surface area contributed by atoms with Crippen molar-refractivity contribution in [1.29, 1.82) is 5.26 Å². The minimum Gasteiger partial charge on any atom is -0.508 e. The normalized spacial score (nSPS) is 9.83. The molecule has 0 saturated heterocycles. The van der Waals surface area contributed by atoms with Crippen molar-refractivity contribution in [2.75, 3.05) is 11.9 Å². The third kappa shape index (κ3) is 2.39. The van der Waals surface area contributed by atoms with Crippen molar-refractivity contribution < 1.29 is 5.11 Å². The summed E-state index contributed by atoms with van der Waals surface area (Å²) in [5.41, 5.74) is 2.02. The number of benzene rings is 2. The second-order valence-corrected chi connectivity index (χ2v) is 4.29. The van der Waals surface area contributed by atoms with E-state index in [0.29, 0.717) is 16.3 Å². The third-order valence-corrected chi connectivity index (χ3v) is 2.89. The first-order chi connectivity index (χ1) is 8.61. The number of phenols is 1. The Bertz CT molecular complexity index is 619. The van der Waals surface area contributed by atoms with Crippen molar-refractivity contribution in [1.82, 2.24) is 0 Å². The van der Waals surface area contributed by atoms with Gasteiger partial charge in [-0.2, -0.15) is 5.26 Å². The maximum Gasteiger partial charge on any atom is 0.117 e. The van der Waals surface area contributed by atoms with Crippen LogP contribution in [-0.2, 0) is 0 Å². The molecule has 0 fully saturated rings. The zero-order chi connectivity index (χ0) is 13.1. The lowest BCUT2D eigenvalue weighted by atomic mass is 10.1. The van der Waals surface area contributed by atoms with E-state index < -0.39 is 0 Å². The third-order valence-electron chi connectivity index (χ3n) is 2.66. The zero-order valence-electron chi connectivity index (χ0n) is 9.76. The van der Waals surface area contributed by atoms with Crippen LogP contribution in [0.5, 0.6) is 5.75 Å². The second kappa shape index (κ2) is 4.99. The van der Waals surface area contributed by atoms with Gasteiger partial charge in [0, 0.05) is 23.8 Å². The molecule has 2 rings (SSSR count). The predicted molar refractivity (Wildman–Crippen MR) is 72.3 cm³/mol. The molecule has 18 heavy (non-hydrogen) atoms. The lowest BCUT2D eigenvalue weighted by molar-refractivity contribution is 0.475. The first-order valence-electron chi connectivity index (χ1n) is 5.34. The molecule has 90 valence electrons. The molecular formula is C14H11ClN2O. The van der Waals surface area contributed by atoms with E-state index in [0.717, 1.165) is 5.69 Å². The number of halogens is 1. The van der Waals surface area contributed by atoms with Gasteiger partial charge in [-0.05, 0) is 30.3 Å². The highest BCUT2D eigenvalue weighted by molar-refractivity contribution is 6.30. The fourth-order valence-corrected chi connectivity index (χ4v) is 1.88. The van der Waals surface area contributed by atoms with Gasteiger partial charge < -0.3 is 10.0 Å². The van der Waals surface area contributed by atoms with E-state index in [9.17, 15) is 5.11 Å². The zero-order valence-corrected chi connectivity index (χ0v) is 10.5. The Morgan fingerprint density at radius 3 is 2.67 bits per heavy atom. The Morgan fingerprint density at radius 1 is 1.22 bits per heavy atom. The molecular weight excluding hydrogens is 248 g/mol. The van der Waals surface area contributed by atoms with Crippen LogP contribution < -0.4 is 4.90 Å². The molecule has 0 radical (unpaired) electrons. The topological polar surface area (TPSA) is 47.3 Å². The molecule has 4 heteroatoms. The summed E-state index contributed by atoms with van der Waals surface area (Å²) >= 11 is 5.95. The molecule has 0 saturated carbocycles. The number of aromatic hydroxyl groups is 1. The summed E-state index contributed by atoms with van der Waals surface area (Å²) in [5, 5.41) is 19.1. The fourth-order valence-electron chi connectivity index (χ4n) is 1.72. The molecule has 2 aromatic rings. The number of phenolic OH excluding ortho intramolecular Hbond substituents is 1. The molecule has 1 N–H and O–H groups in total. The minimum absolute atomic E-state index is 0.180. The van der Waals surface area contributed by atoms with Crippen molar-refractivity contribution in [2.24, 2.45) is 0 Å². The molecule has 0 aliphatic rings. The maximum atomic E-state index is 9.47. The van der Waals surface area contributed by atoms with Crippen LogP contribution in [0.1, 0.15) is 5.56 Å². The molecule has 0 amide bonds. The van der Waals surface area contributed by atoms with Gasteiger partial charge in [-0.15, -0.1) is 0 Å². The summed E-state index contributed by atoms with van der Waals surface area (Å²) in [6.45, 7) is 0.